The topological polar surface area (TPSA) is 32.3 Å². The van der Waals surface area contributed by atoms with Crippen molar-refractivity contribution in [2.45, 2.75) is 30.2 Å². The zero-order valence-corrected chi connectivity index (χ0v) is 12.4. The van der Waals surface area contributed by atoms with Crippen molar-refractivity contribution in [2.75, 3.05) is 11.6 Å². The predicted octanol–water partition coefficient (Wildman–Crippen LogP) is 4.60. The number of phenolic OH excluding ortho intramolecular Hbond substituents is 1. The van der Waals surface area contributed by atoms with Gasteiger partial charge in [-0.15, -0.1) is 11.8 Å². The van der Waals surface area contributed by atoms with Crippen molar-refractivity contribution in [3.63, 3.8) is 0 Å². The molecule has 0 amide bonds. The van der Waals surface area contributed by atoms with Crippen molar-refractivity contribution in [1.82, 2.24) is 0 Å². The normalized spacial score (nSPS) is 17.6. The van der Waals surface area contributed by atoms with Gasteiger partial charge < -0.3 is 10.4 Å². The van der Waals surface area contributed by atoms with Gasteiger partial charge in [-0.25, -0.2) is 0 Å². The first-order valence-corrected chi connectivity index (χ1v) is 8.21. The van der Waals surface area contributed by atoms with Crippen LogP contribution in [0.1, 0.15) is 30.0 Å². The molecule has 2 nitrogen and oxygen atoms in total. The van der Waals surface area contributed by atoms with Gasteiger partial charge in [0.15, 0.2) is 0 Å². The highest BCUT2D eigenvalue weighted by molar-refractivity contribution is 7.98. The summed E-state index contributed by atoms with van der Waals surface area (Å²) in [4.78, 5) is 1.28. The number of aromatic hydroxyl groups is 1. The average molecular weight is 285 g/mol. The number of nitrogens with one attached hydrogen (secondary N) is 1. The van der Waals surface area contributed by atoms with Gasteiger partial charge in [-0.1, -0.05) is 6.07 Å². The fourth-order valence-corrected chi connectivity index (χ4v) is 3.23. The Hall–Kier alpha value is -1.61. The highest BCUT2D eigenvalue weighted by atomic mass is 32.2. The second-order valence-corrected chi connectivity index (χ2v) is 6.08. The van der Waals surface area contributed by atoms with Crippen LogP contribution in [0.15, 0.2) is 47.4 Å². The number of rotatable bonds is 3. The van der Waals surface area contributed by atoms with Gasteiger partial charge in [-0.2, -0.15) is 0 Å². The maximum Gasteiger partial charge on any atom is 0.115 e. The molecule has 0 saturated carbocycles. The average Bonchev–Trinajstić information content (AvgIpc) is 2.49. The Morgan fingerprint density at radius 1 is 1.15 bits per heavy atom. The summed E-state index contributed by atoms with van der Waals surface area (Å²) in [5, 5.41) is 13.3. The fourth-order valence-electron chi connectivity index (χ4n) is 2.82. The molecule has 3 heteroatoms. The van der Waals surface area contributed by atoms with Crippen LogP contribution < -0.4 is 5.32 Å². The fraction of sp³-hybridized carbons (Fsp3) is 0.294. The first-order valence-electron chi connectivity index (χ1n) is 6.98. The molecule has 1 aliphatic carbocycles. The van der Waals surface area contributed by atoms with Crippen LogP contribution in [0.2, 0.25) is 0 Å². The molecule has 0 heterocycles. The van der Waals surface area contributed by atoms with Gasteiger partial charge in [0.25, 0.3) is 0 Å². The van der Waals surface area contributed by atoms with Crippen molar-refractivity contribution in [2.24, 2.45) is 0 Å². The maximum atomic E-state index is 9.71. The Bertz CT molecular complexity index is 594. The highest BCUT2D eigenvalue weighted by Gasteiger charge is 2.20. The van der Waals surface area contributed by atoms with E-state index in [1.807, 2.05) is 6.07 Å². The lowest BCUT2D eigenvalue weighted by Crippen LogP contribution is -2.17. The molecule has 0 spiro atoms. The molecule has 1 aliphatic rings. The third-order valence-corrected chi connectivity index (χ3v) is 4.62. The van der Waals surface area contributed by atoms with Crippen molar-refractivity contribution < 1.29 is 5.11 Å². The molecule has 0 aromatic heterocycles. The number of hydrogen-bond acceptors (Lipinski definition) is 3. The standard InChI is InChI=1S/C17H19NOS/c1-20-15-9-6-13(7-10-15)18-17-4-2-3-12-5-8-14(19)11-16(12)17/h5-11,17-19H,2-4H2,1H3. The monoisotopic (exact) mass is 285 g/mol. The van der Waals surface area contributed by atoms with Crippen molar-refractivity contribution >= 4 is 17.4 Å². The number of hydrogen-bond donors (Lipinski definition) is 2. The van der Waals surface area contributed by atoms with Crippen LogP contribution in [0.5, 0.6) is 5.75 Å². The van der Waals surface area contributed by atoms with E-state index in [4.69, 9.17) is 0 Å². The summed E-state index contributed by atoms with van der Waals surface area (Å²) in [6.07, 6.45) is 5.50. The molecule has 2 aromatic rings. The molecule has 0 fully saturated rings. The van der Waals surface area contributed by atoms with Gasteiger partial charge in [-0.3, -0.25) is 0 Å². The highest BCUT2D eigenvalue weighted by Crippen LogP contribution is 2.34. The first kappa shape index (κ1) is 13.4. The minimum absolute atomic E-state index is 0.297. The Kier molecular flexibility index (Phi) is 3.88. The molecule has 2 aromatic carbocycles. The second kappa shape index (κ2) is 5.80. The number of phenols is 1. The van der Waals surface area contributed by atoms with E-state index >= 15 is 0 Å². The van der Waals surface area contributed by atoms with E-state index in [0.29, 0.717) is 11.8 Å². The van der Waals surface area contributed by atoms with Crippen LogP contribution in [0.25, 0.3) is 0 Å². The number of thioether (sulfide) groups is 1. The van der Waals surface area contributed by atoms with E-state index in [1.54, 1.807) is 17.8 Å². The second-order valence-electron chi connectivity index (χ2n) is 5.20. The zero-order chi connectivity index (χ0) is 13.9. The summed E-state index contributed by atoms with van der Waals surface area (Å²) < 4.78 is 0. The van der Waals surface area contributed by atoms with Crippen molar-refractivity contribution in [3.05, 3.63) is 53.6 Å². The van der Waals surface area contributed by atoms with Crippen LogP contribution in [-0.4, -0.2) is 11.4 Å². The van der Waals surface area contributed by atoms with Crippen LogP contribution >= 0.6 is 11.8 Å². The van der Waals surface area contributed by atoms with Gasteiger partial charge in [-0.05, 0) is 73.0 Å². The predicted molar refractivity (Wildman–Crippen MR) is 85.6 cm³/mol. The molecule has 2 N–H and O–H groups in total. The quantitative estimate of drug-likeness (QED) is 0.808. The Balaban J connectivity index is 1.83. The number of aryl methyl sites for hydroxylation is 1. The molecule has 3 rings (SSSR count). The summed E-state index contributed by atoms with van der Waals surface area (Å²) >= 11 is 1.75. The SMILES string of the molecule is CSc1ccc(NC2CCCc3ccc(O)cc32)cc1. The van der Waals surface area contributed by atoms with Gasteiger partial charge in [0, 0.05) is 10.6 Å². The third-order valence-electron chi connectivity index (χ3n) is 3.87. The molecule has 1 atom stereocenters. The molecule has 0 radical (unpaired) electrons. The van der Waals surface area contributed by atoms with E-state index in [1.165, 1.54) is 22.4 Å². The summed E-state index contributed by atoms with van der Waals surface area (Å²) in [5.74, 6) is 0.357. The number of fused-ring (bicyclic) bond motifs is 1. The van der Waals surface area contributed by atoms with E-state index in [9.17, 15) is 5.11 Å². The zero-order valence-electron chi connectivity index (χ0n) is 11.6. The Labute approximate surface area is 124 Å². The first-order chi connectivity index (χ1) is 9.76. The summed E-state index contributed by atoms with van der Waals surface area (Å²) in [6.45, 7) is 0. The van der Waals surface area contributed by atoms with Gasteiger partial charge in [0.05, 0.1) is 6.04 Å². The molecule has 0 saturated heterocycles. The molecule has 0 aliphatic heterocycles. The van der Waals surface area contributed by atoms with Crippen LogP contribution in [-0.2, 0) is 6.42 Å². The lowest BCUT2D eigenvalue weighted by atomic mass is 9.87. The molecular weight excluding hydrogens is 266 g/mol. The van der Waals surface area contributed by atoms with E-state index < -0.39 is 0 Å². The smallest absolute Gasteiger partial charge is 0.115 e. The van der Waals surface area contributed by atoms with E-state index in [2.05, 4.69) is 41.9 Å². The number of benzene rings is 2. The molecule has 104 valence electrons. The Morgan fingerprint density at radius 2 is 1.95 bits per heavy atom. The number of anilines is 1. The van der Waals surface area contributed by atoms with Crippen LogP contribution in [0, 0.1) is 0 Å². The van der Waals surface area contributed by atoms with Crippen LogP contribution in [0.3, 0.4) is 0 Å². The molecule has 20 heavy (non-hydrogen) atoms. The minimum atomic E-state index is 0.297. The molecular formula is C17H19NOS. The lowest BCUT2D eigenvalue weighted by Gasteiger charge is -2.27. The van der Waals surface area contributed by atoms with Gasteiger partial charge in [0.2, 0.25) is 0 Å². The largest absolute Gasteiger partial charge is 0.508 e. The van der Waals surface area contributed by atoms with Crippen molar-refractivity contribution in [3.8, 4) is 5.75 Å². The maximum absolute atomic E-state index is 9.71. The van der Waals surface area contributed by atoms with E-state index in [-0.39, 0.29) is 0 Å². The third kappa shape index (κ3) is 2.78. The van der Waals surface area contributed by atoms with Crippen LogP contribution in [0.4, 0.5) is 5.69 Å². The molecule has 1 unspecified atom stereocenters. The summed E-state index contributed by atoms with van der Waals surface area (Å²) in [7, 11) is 0. The summed E-state index contributed by atoms with van der Waals surface area (Å²) in [6, 6.07) is 14.6. The van der Waals surface area contributed by atoms with Gasteiger partial charge in [0.1, 0.15) is 5.75 Å². The lowest BCUT2D eigenvalue weighted by molar-refractivity contribution is 0.471. The summed E-state index contributed by atoms with van der Waals surface area (Å²) in [5.41, 5.74) is 3.74. The van der Waals surface area contributed by atoms with E-state index in [0.717, 1.165) is 18.5 Å². The van der Waals surface area contributed by atoms with Crippen molar-refractivity contribution in [1.29, 1.82) is 0 Å². The molecule has 0 bridgehead atoms. The Morgan fingerprint density at radius 3 is 2.70 bits per heavy atom. The minimum Gasteiger partial charge on any atom is -0.508 e. The van der Waals surface area contributed by atoms with Gasteiger partial charge >= 0.3 is 0 Å².